The van der Waals surface area contributed by atoms with Crippen LogP contribution >= 0.6 is 11.8 Å². The Bertz CT molecular complexity index is 510. The quantitative estimate of drug-likeness (QED) is 0.576. The lowest BCUT2D eigenvalue weighted by Gasteiger charge is -2.27. The Kier molecular flexibility index (Phi) is 7.42. The van der Waals surface area contributed by atoms with Gasteiger partial charge < -0.3 is 16.0 Å². The Balaban J connectivity index is 1.57. The molecule has 126 valence electrons. The van der Waals surface area contributed by atoms with Gasteiger partial charge in [-0.2, -0.15) is 11.8 Å². The fraction of sp³-hybridized carbons (Fsp3) is 0.529. The van der Waals surface area contributed by atoms with Gasteiger partial charge in [0.15, 0.2) is 6.54 Å². The second-order valence-electron chi connectivity index (χ2n) is 6.01. The highest BCUT2D eigenvalue weighted by Gasteiger charge is 2.28. The van der Waals surface area contributed by atoms with Gasteiger partial charge in [-0.3, -0.25) is 9.59 Å². The van der Waals surface area contributed by atoms with Gasteiger partial charge in [0.2, 0.25) is 5.91 Å². The minimum absolute atomic E-state index is 0.0606. The minimum atomic E-state index is -0.236. The van der Waals surface area contributed by atoms with Crippen molar-refractivity contribution in [1.29, 1.82) is 0 Å². The van der Waals surface area contributed by atoms with Gasteiger partial charge in [-0.15, -0.1) is 0 Å². The number of benzene rings is 1. The number of nitrogens with one attached hydrogen (secondary N) is 2. The molecule has 1 saturated heterocycles. The highest BCUT2D eigenvalue weighted by molar-refractivity contribution is 7.98. The standard InChI is InChI=1S/C17H25N3O2S/c18-17(22)15-7-4-9-20(11-15)12-16(21)19-8-10-23-13-14-5-2-1-3-6-14/h1-3,5-6,15H,4,7-13H2,(H2,18,22)(H,19,21)/p+1/t15-/m1/s1. The van der Waals surface area contributed by atoms with Gasteiger partial charge in [0.25, 0.3) is 5.91 Å². The summed E-state index contributed by atoms with van der Waals surface area (Å²) >= 11 is 1.82. The SMILES string of the molecule is NC(=O)[C@@H]1CCC[NH+](CC(=O)NCCSCc2ccccc2)C1. The Morgan fingerprint density at radius 1 is 1.30 bits per heavy atom. The first-order chi connectivity index (χ1) is 11.1. The molecule has 1 fully saturated rings. The number of likely N-dealkylation sites (tertiary alicyclic amines) is 1. The molecular formula is C17H26N3O2S+. The van der Waals surface area contributed by atoms with Crippen molar-refractivity contribution >= 4 is 23.6 Å². The van der Waals surface area contributed by atoms with E-state index in [0.717, 1.165) is 35.8 Å². The van der Waals surface area contributed by atoms with Crippen LogP contribution in [-0.4, -0.2) is 43.7 Å². The number of quaternary nitrogens is 1. The molecule has 1 aromatic rings. The topological polar surface area (TPSA) is 76.6 Å². The number of hydrogen-bond acceptors (Lipinski definition) is 3. The number of piperidine rings is 1. The Labute approximate surface area is 142 Å². The molecule has 1 aromatic carbocycles. The highest BCUT2D eigenvalue weighted by Crippen LogP contribution is 2.10. The molecule has 2 amide bonds. The number of hydrogen-bond donors (Lipinski definition) is 3. The third-order valence-corrected chi connectivity index (χ3v) is 5.14. The fourth-order valence-corrected chi connectivity index (χ4v) is 3.69. The van der Waals surface area contributed by atoms with Crippen molar-refractivity contribution in [3.63, 3.8) is 0 Å². The molecule has 1 unspecified atom stereocenters. The summed E-state index contributed by atoms with van der Waals surface area (Å²) in [6.07, 6.45) is 1.82. The molecule has 0 bridgehead atoms. The van der Waals surface area contributed by atoms with Gasteiger partial charge in [-0.05, 0) is 18.4 Å². The van der Waals surface area contributed by atoms with E-state index in [4.69, 9.17) is 5.73 Å². The van der Waals surface area contributed by atoms with Gasteiger partial charge in [-0.25, -0.2) is 0 Å². The zero-order chi connectivity index (χ0) is 16.5. The van der Waals surface area contributed by atoms with Crippen LogP contribution in [0, 0.1) is 5.92 Å². The third-order valence-electron chi connectivity index (χ3n) is 4.11. The predicted octanol–water partition coefficient (Wildman–Crippen LogP) is -0.184. The van der Waals surface area contributed by atoms with Crippen LogP contribution in [0.4, 0.5) is 0 Å². The largest absolute Gasteiger partial charge is 0.369 e. The van der Waals surface area contributed by atoms with Crippen LogP contribution in [0.25, 0.3) is 0 Å². The predicted molar refractivity (Wildman–Crippen MR) is 93.1 cm³/mol. The molecule has 23 heavy (non-hydrogen) atoms. The summed E-state index contributed by atoms with van der Waals surface area (Å²) < 4.78 is 0. The molecule has 5 nitrogen and oxygen atoms in total. The normalized spacial score (nSPS) is 20.9. The molecule has 1 aliphatic rings. The van der Waals surface area contributed by atoms with Gasteiger partial charge in [0.1, 0.15) is 0 Å². The summed E-state index contributed by atoms with van der Waals surface area (Å²) in [5, 5.41) is 2.96. The average molecular weight is 336 g/mol. The van der Waals surface area contributed by atoms with Crippen molar-refractivity contribution < 1.29 is 14.5 Å². The van der Waals surface area contributed by atoms with E-state index in [2.05, 4.69) is 17.4 Å². The molecule has 0 aliphatic carbocycles. The third kappa shape index (κ3) is 6.62. The number of primary amides is 1. The summed E-state index contributed by atoms with van der Waals surface area (Å²) in [5.41, 5.74) is 6.67. The second-order valence-corrected chi connectivity index (χ2v) is 7.12. The van der Waals surface area contributed by atoms with Gasteiger partial charge in [-0.1, -0.05) is 30.3 Å². The van der Waals surface area contributed by atoms with E-state index >= 15 is 0 Å². The van der Waals surface area contributed by atoms with E-state index in [1.165, 1.54) is 5.56 Å². The lowest BCUT2D eigenvalue weighted by atomic mass is 9.97. The van der Waals surface area contributed by atoms with Crippen molar-refractivity contribution in [2.75, 3.05) is 31.9 Å². The first-order valence-electron chi connectivity index (χ1n) is 8.16. The van der Waals surface area contributed by atoms with Crippen molar-refractivity contribution in [2.24, 2.45) is 11.7 Å². The summed E-state index contributed by atoms with van der Waals surface area (Å²) in [6.45, 7) is 2.75. The number of nitrogens with two attached hydrogens (primary N) is 1. The average Bonchev–Trinajstić information content (AvgIpc) is 2.55. The Morgan fingerprint density at radius 3 is 2.83 bits per heavy atom. The van der Waals surface area contributed by atoms with Crippen LogP contribution in [0.15, 0.2) is 30.3 Å². The molecule has 2 rings (SSSR count). The Hall–Kier alpha value is -1.53. The lowest BCUT2D eigenvalue weighted by molar-refractivity contribution is -0.899. The molecule has 0 saturated carbocycles. The van der Waals surface area contributed by atoms with Crippen molar-refractivity contribution in [3.8, 4) is 0 Å². The Morgan fingerprint density at radius 2 is 2.09 bits per heavy atom. The number of rotatable bonds is 8. The van der Waals surface area contributed by atoms with Crippen molar-refractivity contribution in [3.05, 3.63) is 35.9 Å². The molecule has 0 aromatic heterocycles. The maximum absolute atomic E-state index is 12.0. The van der Waals surface area contributed by atoms with Crippen LogP contribution in [0.2, 0.25) is 0 Å². The molecule has 1 aliphatic heterocycles. The lowest BCUT2D eigenvalue weighted by Crippen LogP contribution is -3.15. The monoisotopic (exact) mass is 336 g/mol. The van der Waals surface area contributed by atoms with Crippen molar-refractivity contribution in [2.45, 2.75) is 18.6 Å². The number of carbonyl (C=O) groups is 2. The van der Waals surface area contributed by atoms with E-state index in [0.29, 0.717) is 19.6 Å². The molecule has 0 radical (unpaired) electrons. The van der Waals surface area contributed by atoms with Crippen LogP contribution < -0.4 is 16.0 Å². The molecule has 4 N–H and O–H groups in total. The zero-order valence-electron chi connectivity index (χ0n) is 13.4. The van der Waals surface area contributed by atoms with Crippen LogP contribution in [0.5, 0.6) is 0 Å². The van der Waals surface area contributed by atoms with E-state index < -0.39 is 0 Å². The summed E-state index contributed by atoms with van der Waals surface area (Å²) in [7, 11) is 0. The molecule has 2 atom stereocenters. The minimum Gasteiger partial charge on any atom is -0.369 e. The molecular weight excluding hydrogens is 310 g/mol. The smallest absolute Gasteiger partial charge is 0.275 e. The number of carbonyl (C=O) groups excluding carboxylic acids is 2. The van der Waals surface area contributed by atoms with E-state index in [9.17, 15) is 9.59 Å². The van der Waals surface area contributed by atoms with Gasteiger partial charge in [0, 0.05) is 18.1 Å². The van der Waals surface area contributed by atoms with Gasteiger partial charge in [0.05, 0.1) is 19.0 Å². The highest BCUT2D eigenvalue weighted by atomic mass is 32.2. The maximum atomic E-state index is 12.0. The zero-order valence-corrected chi connectivity index (χ0v) is 14.2. The summed E-state index contributed by atoms with van der Waals surface area (Å²) in [5.74, 6) is 1.62. The van der Waals surface area contributed by atoms with E-state index in [-0.39, 0.29) is 17.7 Å². The summed E-state index contributed by atoms with van der Waals surface area (Å²) in [4.78, 5) is 24.4. The first-order valence-corrected chi connectivity index (χ1v) is 9.32. The van der Waals surface area contributed by atoms with Gasteiger partial charge >= 0.3 is 0 Å². The number of amides is 2. The maximum Gasteiger partial charge on any atom is 0.275 e. The van der Waals surface area contributed by atoms with Crippen LogP contribution in [0.3, 0.4) is 0 Å². The molecule has 6 heteroatoms. The van der Waals surface area contributed by atoms with Crippen LogP contribution in [-0.2, 0) is 15.3 Å². The first kappa shape index (κ1) is 17.8. The summed E-state index contributed by atoms with van der Waals surface area (Å²) in [6, 6.07) is 10.3. The number of thioether (sulfide) groups is 1. The fourth-order valence-electron chi connectivity index (χ4n) is 2.87. The second kappa shape index (κ2) is 9.57. The van der Waals surface area contributed by atoms with Crippen LogP contribution in [0.1, 0.15) is 18.4 Å². The van der Waals surface area contributed by atoms with E-state index in [1.54, 1.807) is 0 Å². The van der Waals surface area contributed by atoms with E-state index in [1.807, 2.05) is 30.0 Å². The molecule has 1 heterocycles. The van der Waals surface area contributed by atoms with Crippen molar-refractivity contribution in [1.82, 2.24) is 5.32 Å². The molecule has 0 spiro atoms.